The van der Waals surface area contributed by atoms with Gasteiger partial charge in [0, 0.05) is 13.1 Å². The van der Waals surface area contributed by atoms with Crippen LogP contribution in [0.1, 0.15) is 37.4 Å². The maximum atomic E-state index is 12.5. The van der Waals surface area contributed by atoms with Gasteiger partial charge in [-0.05, 0) is 39.1 Å². The van der Waals surface area contributed by atoms with Crippen molar-refractivity contribution in [2.75, 3.05) is 13.1 Å². The average Bonchev–Trinajstić information content (AvgIpc) is 2.89. The number of hydrogen-bond acceptors (Lipinski definition) is 4. The third-order valence-corrected chi connectivity index (χ3v) is 4.21. The lowest BCUT2D eigenvalue weighted by atomic mass is 10.0. The van der Waals surface area contributed by atoms with E-state index in [9.17, 15) is 9.59 Å². The van der Waals surface area contributed by atoms with Crippen LogP contribution in [0.3, 0.4) is 0 Å². The van der Waals surface area contributed by atoms with Gasteiger partial charge in [-0.1, -0.05) is 6.07 Å². The molecule has 21 heavy (non-hydrogen) atoms. The van der Waals surface area contributed by atoms with Crippen molar-refractivity contribution in [2.45, 2.75) is 45.4 Å². The first kappa shape index (κ1) is 16.0. The highest BCUT2D eigenvalue weighted by molar-refractivity contribution is 7.12. The van der Waals surface area contributed by atoms with Gasteiger partial charge in [-0.25, -0.2) is 0 Å². The zero-order chi connectivity index (χ0) is 15.6. The second kappa shape index (κ2) is 6.15. The number of nitrogens with zero attached hydrogens (tertiary/aromatic N) is 1. The number of amides is 2. The molecule has 0 aromatic carbocycles. The molecule has 1 aromatic rings. The molecule has 5 nitrogen and oxygen atoms in total. The molecule has 2 heterocycles. The van der Waals surface area contributed by atoms with E-state index in [4.69, 9.17) is 4.74 Å². The number of hydrogen-bond donors (Lipinski definition) is 1. The predicted octanol–water partition coefficient (Wildman–Crippen LogP) is 1.89. The normalized spacial score (nSPS) is 22.7. The molecule has 116 valence electrons. The number of thiophene rings is 1. The van der Waals surface area contributed by atoms with Crippen LogP contribution in [0, 0.1) is 0 Å². The number of morpholine rings is 1. The minimum absolute atomic E-state index is 0.00195. The van der Waals surface area contributed by atoms with E-state index in [-0.39, 0.29) is 23.5 Å². The Bertz CT molecular complexity index is 513. The van der Waals surface area contributed by atoms with Crippen LogP contribution in [0.15, 0.2) is 17.5 Å². The molecule has 0 aliphatic carbocycles. The highest BCUT2D eigenvalue weighted by Crippen LogP contribution is 2.21. The molecule has 2 rings (SSSR count). The summed E-state index contributed by atoms with van der Waals surface area (Å²) in [5.41, 5.74) is -0.356. The second-order valence-electron chi connectivity index (χ2n) is 6.08. The molecule has 2 amide bonds. The minimum Gasteiger partial charge on any atom is -0.369 e. The molecular weight excluding hydrogens is 288 g/mol. The zero-order valence-corrected chi connectivity index (χ0v) is 13.7. The Morgan fingerprint density at radius 3 is 2.81 bits per heavy atom. The molecular formula is C15H22N2O3S. The lowest BCUT2D eigenvalue weighted by Crippen LogP contribution is -2.57. The number of carbonyl (C=O) groups is 2. The molecule has 1 aliphatic heterocycles. The van der Waals surface area contributed by atoms with Crippen LogP contribution in [-0.4, -0.2) is 47.6 Å². The van der Waals surface area contributed by atoms with Crippen molar-refractivity contribution in [2.24, 2.45) is 0 Å². The van der Waals surface area contributed by atoms with E-state index in [0.29, 0.717) is 18.0 Å². The zero-order valence-electron chi connectivity index (χ0n) is 12.9. The Kier molecular flexibility index (Phi) is 4.68. The summed E-state index contributed by atoms with van der Waals surface area (Å²) in [5, 5.41) is 4.60. The van der Waals surface area contributed by atoms with Gasteiger partial charge >= 0.3 is 0 Å². The molecule has 6 heteroatoms. The summed E-state index contributed by atoms with van der Waals surface area (Å²) in [5.74, 6) is -0.269. The fraction of sp³-hybridized carbons (Fsp3) is 0.600. The van der Waals surface area contributed by atoms with Crippen LogP contribution in [0.25, 0.3) is 0 Å². The Hall–Kier alpha value is -1.40. The lowest BCUT2D eigenvalue weighted by molar-refractivity contribution is -0.159. The molecule has 1 N–H and O–H groups in total. The van der Waals surface area contributed by atoms with Crippen molar-refractivity contribution < 1.29 is 14.3 Å². The molecule has 0 radical (unpaired) electrons. The number of rotatable bonds is 3. The summed E-state index contributed by atoms with van der Waals surface area (Å²) >= 11 is 1.36. The van der Waals surface area contributed by atoms with Crippen molar-refractivity contribution in [1.29, 1.82) is 0 Å². The summed E-state index contributed by atoms with van der Waals surface area (Å²) in [7, 11) is 0. The van der Waals surface area contributed by atoms with Crippen molar-refractivity contribution in [3.8, 4) is 0 Å². The van der Waals surface area contributed by atoms with Crippen LogP contribution in [0.2, 0.25) is 0 Å². The first-order chi connectivity index (χ1) is 9.78. The summed E-state index contributed by atoms with van der Waals surface area (Å²) < 4.78 is 5.79. The molecule has 1 saturated heterocycles. The van der Waals surface area contributed by atoms with E-state index in [2.05, 4.69) is 5.32 Å². The minimum atomic E-state index is -0.541. The SMILES string of the molecule is CC1CN(C(=O)C(C)NC(=O)c2cccs2)CC(C)(C)O1. The third-order valence-electron chi connectivity index (χ3n) is 3.34. The monoisotopic (exact) mass is 310 g/mol. The van der Waals surface area contributed by atoms with Gasteiger partial charge in [0.2, 0.25) is 5.91 Å². The van der Waals surface area contributed by atoms with Gasteiger partial charge in [0.25, 0.3) is 5.91 Å². The van der Waals surface area contributed by atoms with Crippen LogP contribution in [0.4, 0.5) is 0 Å². The molecule has 0 bridgehead atoms. The Balaban J connectivity index is 1.97. The van der Waals surface area contributed by atoms with Gasteiger partial charge in [-0.3, -0.25) is 9.59 Å². The summed E-state index contributed by atoms with van der Waals surface area (Å²) in [6.07, 6.45) is -0.00195. The van der Waals surface area contributed by atoms with Gasteiger partial charge < -0.3 is 15.0 Å². The molecule has 2 unspecified atom stereocenters. The van der Waals surface area contributed by atoms with Crippen LogP contribution in [-0.2, 0) is 9.53 Å². The molecule has 2 atom stereocenters. The predicted molar refractivity (Wildman–Crippen MR) is 82.5 cm³/mol. The molecule has 1 aliphatic rings. The Morgan fingerprint density at radius 1 is 1.52 bits per heavy atom. The van der Waals surface area contributed by atoms with Crippen LogP contribution in [0.5, 0.6) is 0 Å². The van der Waals surface area contributed by atoms with E-state index in [1.54, 1.807) is 17.9 Å². The van der Waals surface area contributed by atoms with E-state index >= 15 is 0 Å². The van der Waals surface area contributed by atoms with Crippen molar-refractivity contribution in [3.63, 3.8) is 0 Å². The molecule has 1 fully saturated rings. The maximum absolute atomic E-state index is 12.5. The van der Waals surface area contributed by atoms with E-state index in [0.717, 1.165) is 0 Å². The smallest absolute Gasteiger partial charge is 0.261 e. The van der Waals surface area contributed by atoms with Crippen molar-refractivity contribution in [3.05, 3.63) is 22.4 Å². The standard InChI is InChI=1S/C15H22N2O3S/c1-10-8-17(9-15(3,4)20-10)14(19)11(2)16-13(18)12-6-5-7-21-12/h5-7,10-11H,8-9H2,1-4H3,(H,16,18). The summed E-state index contributed by atoms with van der Waals surface area (Å²) in [6, 6.07) is 3.02. The number of ether oxygens (including phenoxy) is 1. The van der Waals surface area contributed by atoms with E-state index in [1.165, 1.54) is 11.3 Å². The topological polar surface area (TPSA) is 58.6 Å². The maximum Gasteiger partial charge on any atom is 0.261 e. The quantitative estimate of drug-likeness (QED) is 0.927. The van der Waals surface area contributed by atoms with E-state index < -0.39 is 6.04 Å². The Labute approximate surface area is 129 Å². The van der Waals surface area contributed by atoms with Gasteiger partial charge in [0.05, 0.1) is 16.6 Å². The van der Waals surface area contributed by atoms with Crippen LogP contribution >= 0.6 is 11.3 Å². The lowest BCUT2D eigenvalue weighted by Gasteiger charge is -2.42. The number of nitrogens with one attached hydrogen (secondary N) is 1. The van der Waals surface area contributed by atoms with E-state index in [1.807, 2.05) is 32.2 Å². The largest absolute Gasteiger partial charge is 0.369 e. The van der Waals surface area contributed by atoms with Gasteiger partial charge in [0.15, 0.2) is 0 Å². The molecule has 1 aromatic heterocycles. The highest BCUT2D eigenvalue weighted by Gasteiger charge is 2.35. The van der Waals surface area contributed by atoms with Crippen molar-refractivity contribution >= 4 is 23.2 Å². The second-order valence-corrected chi connectivity index (χ2v) is 7.03. The average molecular weight is 310 g/mol. The highest BCUT2D eigenvalue weighted by atomic mass is 32.1. The fourth-order valence-electron chi connectivity index (χ4n) is 2.63. The van der Waals surface area contributed by atoms with Gasteiger partial charge in [-0.2, -0.15) is 0 Å². The third kappa shape index (κ3) is 4.04. The summed E-state index contributed by atoms with van der Waals surface area (Å²) in [6.45, 7) is 8.71. The first-order valence-electron chi connectivity index (χ1n) is 7.09. The first-order valence-corrected chi connectivity index (χ1v) is 7.97. The fourth-order valence-corrected chi connectivity index (χ4v) is 3.26. The number of carbonyl (C=O) groups excluding carboxylic acids is 2. The van der Waals surface area contributed by atoms with Crippen LogP contribution < -0.4 is 5.32 Å². The van der Waals surface area contributed by atoms with Crippen molar-refractivity contribution in [1.82, 2.24) is 10.2 Å². The van der Waals surface area contributed by atoms with Gasteiger partial charge in [-0.15, -0.1) is 11.3 Å². The Morgan fingerprint density at radius 2 is 2.24 bits per heavy atom. The van der Waals surface area contributed by atoms with Gasteiger partial charge in [0.1, 0.15) is 6.04 Å². The molecule has 0 spiro atoms. The molecule has 0 saturated carbocycles. The summed E-state index contributed by atoms with van der Waals surface area (Å²) in [4.78, 5) is 26.9.